The molecule has 11 heteroatoms. The molecule has 9 nitrogen and oxygen atoms in total. The molecule has 3 aromatic heterocycles. The third-order valence-electron chi connectivity index (χ3n) is 7.88. The van der Waals surface area contributed by atoms with Crippen LogP contribution in [0.15, 0.2) is 41.5 Å². The number of ether oxygens (including phenoxy) is 2. The van der Waals surface area contributed by atoms with E-state index < -0.39 is 5.82 Å². The van der Waals surface area contributed by atoms with E-state index in [-0.39, 0.29) is 28.3 Å². The molecule has 7 rings (SSSR count). The van der Waals surface area contributed by atoms with Crippen LogP contribution < -0.4 is 10.3 Å². The van der Waals surface area contributed by atoms with Crippen molar-refractivity contribution < 1.29 is 13.9 Å². The minimum absolute atomic E-state index is 0.0116. The molecular formula is C27H28ClFN6O3. The quantitative estimate of drug-likeness (QED) is 0.317. The lowest BCUT2D eigenvalue weighted by molar-refractivity contribution is -0.129. The maximum atomic E-state index is 13.6. The fraction of sp³-hybridized carbons (Fsp3) is 0.444. The molecule has 3 heterocycles. The first-order valence-corrected chi connectivity index (χ1v) is 13.3. The zero-order chi connectivity index (χ0) is 26.3. The second kappa shape index (κ2) is 9.74. The van der Waals surface area contributed by atoms with E-state index in [1.165, 1.54) is 18.2 Å². The van der Waals surface area contributed by atoms with Crippen LogP contribution in [0.1, 0.15) is 63.5 Å². The molecule has 1 aromatic carbocycles. The molecule has 1 N–H and O–H groups in total. The summed E-state index contributed by atoms with van der Waals surface area (Å²) in [5, 5.41) is 0.503. The molecule has 3 aliphatic rings. The van der Waals surface area contributed by atoms with E-state index in [0.29, 0.717) is 35.2 Å². The van der Waals surface area contributed by atoms with Crippen LogP contribution in [0.5, 0.6) is 11.8 Å². The predicted molar refractivity (Wildman–Crippen MR) is 139 cm³/mol. The van der Waals surface area contributed by atoms with Crippen LogP contribution in [0, 0.1) is 5.82 Å². The highest BCUT2D eigenvalue weighted by atomic mass is 35.5. The number of hydrogen-bond acceptors (Lipinski definition) is 7. The minimum atomic E-state index is -0.435. The molecule has 0 amide bonds. The summed E-state index contributed by atoms with van der Waals surface area (Å²) >= 11 is 5.90. The first-order valence-electron chi connectivity index (χ1n) is 12.9. The van der Waals surface area contributed by atoms with Crippen LogP contribution in [-0.4, -0.2) is 35.1 Å². The highest BCUT2D eigenvalue weighted by Gasteiger charge is 2.52. The summed E-state index contributed by atoms with van der Waals surface area (Å²) in [6, 6.07) is 5.69. The Kier molecular flexibility index (Phi) is 6.39. The third-order valence-corrected chi connectivity index (χ3v) is 8.08. The monoisotopic (exact) mass is 538 g/mol. The maximum absolute atomic E-state index is 13.6. The van der Waals surface area contributed by atoms with Gasteiger partial charge in [-0.25, -0.2) is 19.3 Å². The van der Waals surface area contributed by atoms with Crippen LogP contribution >= 0.6 is 11.6 Å². The van der Waals surface area contributed by atoms with E-state index in [2.05, 4.69) is 26.9 Å². The Morgan fingerprint density at radius 2 is 1.84 bits per heavy atom. The van der Waals surface area contributed by atoms with E-state index in [0.717, 1.165) is 50.8 Å². The van der Waals surface area contributed by atoms with Gasteiger partial charge in [0.2, 0.25) is 0 Å². The smallest absolute Gasteiger partial charge is 0.304 e. The van der Waals surface area contributed by atoms with Gasteiger partial charge in [0.15, 0.2) is 17.0 Å². The van der Waals surface area contributed by atoms with Gasteiger partial charge < -0.3 is 14.0 Å². The van der Waals surface area contributed by atoms with Crippen molar-refractivity contribution in [3.05, 3.63) is 69.5 Å². The Morgan fingerprint density at radius 1 is 1.11 bits per heavy atom. The standard InChI is InChI=1S/C27H28ClFN6O3/c1-2-12-35-21-22(33-25(34-23(21)36)38-19-5-3-4-18(29)13-19)32-24(35)26-6-9-27(10-7-26,11-8-26)37-16-20-30-14-17(28)15-31-20/h3-5,13-15H,2,6-12,16H2,1H3,(H,33,34,36). The SMILES string of the molecule is CCCn1c(C23CCC(OCc4ncc(Cl)cn4)(CC2)CC3)nc2nc(Oc3cccc(F)c3)[nH]c(=O)c21. The molecule has 0 aliphatic heterocycles. The molecule has 3 fully saturated rings. The lowest BCUT2D eigenvalue weighted by Crippen LogP contribution is -2.50. The first-order chi connectivity index (χ1) is 18.4. The highest BCUT2D eigenvalue weighted by molar-refractivity contribution is 6.30. The van der Waals surface area contributed by atoms with Crippen molar-refractivity contribution in [3.63, 3.8) is 0 Å². The van der Waals surface area contributed by atoms with Crippen molar-refractivity contribution in [2.75, 3.05) is 0 Å². The molecule has 3 saturated carbocycles. The zero-order valence-electron chi connectivity index (χ0n) is 21.0. The number of fused-ring (bicyclic) bond motifs is 4. The number of aromatic nitrogens is 6. The van der Waals surface area contributed by atoms with Crippen molar-refractivity contribution >= 4 is 22.8 Å². The number of aromatic amines is 1. The number of halogens is 2. The lowest BCUT2D eigenvalue weighted by atomic mass is 9.58. The summed E-state index contributed by atoms with van der Waals surface area (Å²) < 4.78 is 27.7. The molecule has 0 atom stereocenters. The summed E-state index contributed by atoms with van der Waals surface area (Å²) in [6.45, 7) is 3.10. The van der Waals surface area contributed by atoms with Crippen LogP contribution in [-0.2, 0) is 23.3 Å². The van der Waals surface area contributed by atoms with E-state index in [4.69, 9.17) is 26.1 Å². The highest BCUT2D eigenvalue weighted by Crippen LogP contribution is 2.55. The van der Waals surface area contributed by atoms with Gasteiger partial charge in [-0.15, -0.1) is 0 Å². The topological polar surface area (TPSA) is 108 Å². The van der Waals surface area contributed by atoms with Gasteiger partial charge in [0, 0.05) is 30.4 Å². The van der Waals surface area contributed by atoms with Crippen LogP contribution in [0.2, 0.25) is 5.02 Å². The van der Waals surface area contributed by atoms with Gasteiger partial charge in [-0.1, -0.05) is 24.6 Å². The molecule has 0 saturated heterocycles. The van der Waals surface area contributed by atoms with E-state index in [1.54, 1.807) is 18.5 Å². The van der Waals surface area contributed by atoms with Gasteiger partial charge in [-0.2, -0.15) is 4.98 Å². The largest absolute Gasteiger partial charge is 0.425 e. The van der Waals surface area contributed by atoms with E-state index >= 15 is 0 Å². The van der Waals surface area contributed by atoms with Gasteiger partial charge >= 0.3 is 6.01 Å². The lowest BCUT2D eigenvalue weighted by Gasteiger charge is -2.52. The van der Waals surface area contributed by atoms with Crippen molar-refractivity contribution in [2.24, 2.45) is 0 Å². The average Bonchev–Trinajstić information content (AvgIpc) is 3.29. The van der Waals surface area contributed by atoms with Crippen LogP contribution in [0.25, 0.3) is 11.2 Å². The summed E-state index contributed by atoms with van der Waals surface area (Å²) in [7, 11) is 0. The predicted octanol–water partition coefficient (Wildman–Crippen LogP) is 5.47. The summed E-state index contributed by atoms with van der Waals surface area (Å²) in [4.78, 5) is 33.8. The number of H-pyrrole nitrogens is 1. The summed E-state index contributed by atoms with van der Waals surface area (Å²) in [5.41, 5.74) is 0.122. The maximum Gasteiger partial charge on any atom is 0.304 e. The molecule has 0 spiro atoms. The number of rotatable bonds is 8. The second-order valence-corrected chi connectivity index (χ2v) is 10.7. The number of nitrogens with zero attached hydrogens (tertiary/aromatic N) is 5. The van der Waals surface area contributed by atoms with E-state index in [9.17, 15) is 9.18 Å². The van der Waals surface area contributed by atoms with Crippen LogP contribution in [0.4, 0.5) is 4.39 Å². The van der Waals surface area contributed by atoms with Crippen LogP contribution in [0.3, 0.4) is 0 Å². The van der Waals surface area contributed by atoms with Crippen molar-refractivity contribution in [1.82, 2.24) is 29.5 Å². The molecule has 0 radical (unpaired) electrons. The van der Waals surface area contributed by atoms with Gasteiger partial charge in [0.1, 0.15) is 24.0 Å². The van der Waals surface area contributed by atoms with Crippen molar-refractivity contribution in [2.45, 2.75) is 76.0 Å². The number of benzene rings is 1. The molecule has 0 unspecified atom stereocenters. The Bertz CT molecular complexity index is 1510. The molecule has 38 heavy (non-hydrogen) atoms. The van der Waals surface area contributed by atoms with E-state index in [1.807, 2.05) is 4.57 Å². The van der Waals surface area contributed by atoms with Gasteiger partial charge in [0.05, 0.1) is 10.6 Å². The number of nitrogens with one attached hydrogen (secondary N) is 1. The summed E-state index contributed by atoms with van der Waals surface area (Å²) in [5.74, 6) is 1.34. The van der Waals surface area contributed by atoms with Gasteiger partial charge in [-0.3, -0.25) is 9.78 Å². The zero-order valence-corrected chi connectivity index (χ0v) is 21.8. The van der Waals surface area contributed by atoms with Gasteiger partial charge in [0.25, 0.3) is 5.56 Å². The fourth-order valence-corrected chi connectivity index (χ4v) is 5.99. The van der Waals surface area contributed by atoms with Gasteiger partial charge in [-0.05, 0) is 57.1 Å². The van der Waals surface area contributed by atoms with Crippen molar-refractivity contribution in [3.8, 4) is 11.8 Å². The third kappa shape index (κ3) is 4.56. The average molecular weight is 539 g/mol. The number of hydrogen-bond donors (Lipinski definition) is 1. The molecular weight excluding hydrogens is 511 g/mol. The first kappa shape index (κ1) is 24.9. The summed E-state index contributed by atoms with van der Waals surface area (Å²) in [6.07, 6.45) is 9.43. The second-order valence-electron chi connectivity index (χ2n) is 10.3. The molecule has 2 bridgehead atoms. The normalized spacial score (nSPS) is 22.7. The Balaban J connectivity index is 1.27. The Morgan fingerprint density at radius 3 is 2.53 bits per heavy atom. The molecule has 3 aliphatic carbocycles. The number of aryl methyl sites for hydroxylation is 1. The number of imidazole rings is 1. The van der Waals surface area contributed by atoms with Crippen molar-refractivity contribution in [1.29, 1.82) is 0 Å². The fourth-order valence-electron chi connectivity index (χ4n) is 5.89. The Labute approximate surface area is 223 Å². The minimum Gasteiger partial charge on any atom is -0.425 e. The molecule has 198 valence electrons. The Hall–Kier alpha value is -3.37. The molecule has 4 aromatic rings.